The van der Waals surface area contributed by atoms with Crippen LogP contribution in [0.15, 0.2) is 30.3 Å². The maximum absolute atomic E-state index is 10.5. The smallest absolute Gasteiger partial charge is 0.187 e. The van der Waals surface area contributed by atoms with Crippen LogP contribution in [0.25, 0.3) is 0 Å². The molecular weight excluding hydrogens is 388 g/mol. The molecule has 6 N–H and O–H groups in total. The van der Waals surface area contributed by atoms with Crippen LogP contribution in [-0.4, -0.2) is 106 Å². The first-order valence-electron chi connectivity index (χ1n) is 9.46. The Morgan fingerprint density at radius 2 is 1.76 bits per heavy atom. The van der Waals surface area contributed by atoms with Crippen LogP contribution in [0.3, 0.4) is 0 Å². The molecule has 8 unspecified atom stereocenters. The van der Waals surface area contributed by atoms with Crippen LogP contribution in [0.4, 0.5) is 0 Å². The van der Waals surface area contributed by atoms with Gasteiger partial charge < -0.3 is 49.6 Å². The fourth-order valence-electron chi connectivity index (χ4n) is 3.34. The molecule has 29 heavy (non-hydrogen) atoms. The van der Waals surface area contributed by atoms with E-state index in [9.17, 15) is 30.6 Å². The van der Waals surface area contributed by atoms with Crippen molar-refractivity contribution in [3.05, 3.63) is 35.9 Å². The number of benzene rings is 1. The highest BCUT2D eigenvalue weighted by Gasteiger charge is 2.53. The standard InChI is InChI=1S/C19H28O10/c20-8-12-13(22)14(23)15(29-18-16(24)19(25,9-21)10-27-18)17(28-12)26-7-6-11-4-2-1-3-5-11/h1-5,12-18,20-25H,6-10H2. The number of aliphatic hydroxyl groups excluding tert-OH is 5. The lowest BCUT2D eigenvalue weighted by Gasteiger charge is -2.42. The molecular formula is C19H28O10. The molecule has 0 saturated carbocycles. The molecule has 2 aliphatic rings. The van der Waals surface area contributed by atoms with Crippen LogP contribution >= 0.6 is 0 Å². The normalized spacial score (nSPS) is 40.3. The maximum atomic E-state index is 10.5. The van der Waals surface area contributed by atoms with Crippen LogP contribution < -0.4 is 0 Å². The number of ether oxygens (including phenoxy) is 4. The highest BCUT2D eigenvalue weighted by molar-refractivity contribution is 5.14. The van der Waals surface area contributed by atoms with E-state index in [4.69, 9.17) is 18.9 Å². The SMILES string of the molecule is OCC1OC(OCCc2ccccc2)C(OC2OCC(O)(CO)C2O)C(O)C1O. The minimum absolute atomic E-state index is 0.199. The monoisotopic (exact) mass is 416 g/mol. The molecule has 10 nitrogen and oxygen atoms in total. The van der Waals surface area contributed by atoms with Gasteiger partial charge in [-0.15, -0.1) is 0 Å². The fourth-order valence-corrected chi connectivity index (χ4v) is 3.34. The third kappa shape index (κ3) is 4.94. The summed E-state index contributed by atoms with van der Waals surface area (Å²) in [6.45, 7) is -1.47. The van der Waals surface area contributed by atoms with Crippen LogP contribution in [0, 0.1) is 0 Å². The summed E-state index contributed by atoms with van der Waals surface area (Å²) in [5.41, 5.74) is -0.885. The molecule has 164 valence electrons. The Labute approximate surface area is 167 Å². The van der Waals surface area contributed by atoms with Crippen LogP contribution in [-0.2, 0) is 25.4 Å². The fraction of sp³-hybridized carbons (Fsp3) is 0.684. The van der Waals surface area contributed by atoms with Gasteiger partial charge in [0.2, 0.25) is 0 Å². The molecule has 0 aliphatic carbocycles. The van der Waals surface area contributed by atoms with Gasteiger partial charge in [0.1, 0.15) is 36.1 Å². The van der Waals surface area contributed by atoms with Gasteiger partial charge in [0.15, 0.2) is 12.6 Å². The van der Waals surface area contributed by atoms with Crippen molar-refractivity contribution >= 4 is 0 Å². The molecule has 3 rings (SSSR count). The van der Waals surface area contributed by atoms with Gasteiger partial charge in [0.25, 0.3) is 0 Å². The predicted octanol–water partition coefficient (Wildman–Crippen LogP) is -2.49. The Morgan fingerprint density at radius 3 is 2.38 bits per heavy atom. The molecule has 2 aliphatic heterocycles. The summed E-state index contributed by atoms with van der Waals surface area (Å²) in [4.78, 5) is 0. The Kier molecular flexibility index (Phi) is 7.57. The van der Waals surface area contributed by atoms with E-state index in [1.54, 1.807) is 0 Å². The summed E-state index contributed by atoms with van der Waals surface area (Å²) in [5, 5.41) is 59.5. The third-order valence-corrected chi connectivity index (χ3v) is 5.21. The van der Waals surface area contributed by atoms with Crippen molar-refractivity contribution in [3.63, 3.8) is 0 Å². The molecule has 1 aromatic carbocycles. The van der Waals surface area contributed by atoms with Gasteiger partial charge in [-0.25, -0.2) is 0 Å². The van der Waals surface area contributed by atoms with Crippen molar-refractivity contribution in [2.75, 3.05) is 26.4 Å². The summed E-state index contributed by atoms with van der Waals surface area (Å²) in [7, 11) is 0. The van der Waals surface area contributed by atoms with Crippen molar-refractivity contribution in [2.24, 2.45) is 0 Å². The number of rotatable bonds is 8. The van der Waals surface area contributed by atoms with E-state index >= 15 is 0 Å². The molecule has 10 heteroatoms. The molecule has 0 aromatic heterocycles. The van der Waals surface area contributed by atoms with E-state index in [-0.39, 0.29) is 13.2 Å². The van der Waals surface area contributed by atoms with Gasteiger partial charge in [0.05, 0.1) is 26.4 Å². The minimum Gasteiger partial charge on any atom is -0.394 e. The van der Waals surface area contributed by atoms with Crippen molar-refractivity contribution in [2.45, 2.75) is 55.1 Å². The molecule has 0 amide bonds. The summed E-state index contributed by atoms with van der Waals surface area (Å²) >= 11 is 0. The average molecular weight is 416 g/mol. The molecule has 8 atom stereocenters. The summed E-state index contributed by atoms with van der Waals surface area (Å²) in [6, 6.07) is 9.52. The zero-order valence-electron chi connectivity index (χ0n) is 15.8. The number of hydrogen-bond acceptors (Lipinski definition) is 10. The van der Waals surface area contributed by atoms with Crippen LogP contribution in [0.1, 0.15) is 5.56 Å². The first-order chi connectivity index (χ1) is 13.9. The lowest BCUT2D eigenvalue weighted by Crippen LogP contribution is -2.61. The second kappa shape index (κ2) is 9.75. The minimum atomic E-state index is -1.90. The van der Waals surface area contributed by atoms with E-state index in [2.05, 4.69) is 0 Å². The summed E-state index contributed by atoms with van der Waals surface area (Å²) < 4.78 is 22.0. The quantitative estimate of drug-likeness (QED) is 0.268. The van der Waals surface area contributed by atoms with E-state index in [1.807, 2.05) is 30.3 Å². The largest absolute Gasteiger partial charge is 0.394 e. The van der Waals surface area contributed by atoms with Gasteiger partial charge >= 0.3 is 0 Å². The Bertz CT molecular complexity index is 631. The van der Waals surface area contributed by atoms with Crippen molar-refractivity contribution in [3.8, 4) is 0 Å². The van der Waals surface area contributed by atoms with Crippen molar-refractivity contribution < 1.29 is 49.6 Å². The van der Waals surface area contributed by atoms with Gasteiger partial charge in [-0.2, -0.15) is 0 Å². The molecule has 0 bridgehead atoms. The van der Waals surface area contributed by atoms with E-state index < -0.39 is 61.9 Å². The zero-order valence-corrected chi connectivity index (χ0v) is 15.8. The Balaban J connectivity index is 1.67. The molecule has 0 spiro atoms. The molecule has 1 aromatic rings. The predicted molar refractivity (Wildman–Crippen MR) is 96.5 cm³/mol. The lowest BCUT2D eigenvalue weighted by molar-refractivity contribution is -0.335. The van der Waals surface area contributed by atoms with Crippen LogP contribution in [0.2, 0.25) is 0 Å². The van der Waals surface area contributed by atoms with E-state index in [0.717, 1.165) is 5.56 Å². The maximum Gasteiger partial charge on any atom is 0.187 e. The molecule has 2 fully saturated rings. The molecule has 2 heterocycles. The highest BCUT2D eigenvalue weighted by Crippen LogP contribution is 2.31. The second-order valence-corrected chi connectivity index (χ2v) is 7.30. The first kappa shape index (κ1) is 22.5. The van der Waals surface area contributed by atoms with Gasteiger partial charge in [-0.1, -0.05) is 30.3 Å². The molecule has 2 saturated heterocycles. The van der Waals surface area contributed by atoms with Gasteiger partial charge in [-0.3, -0.25) is 0 Å². The first-order valence-corrected chi connectivity index (χ1v) is 9.46. The Morgan fingerprint density at radius 1 is 1.03 bits per heavy atom. The lowest BCUT2D eigenvalue weighted by atomic mass is 9.98. The van der Waals surface area contributed by atoms with Crippen molar-refractivity contribution in [1.82, 2.24) is 0 Å². The van der Waals surface area contributed by atoms with Gasteiger partial charge in [-0.05, 0) is 12.0 Å². The van der Waals surface area contributed by atoms with Gasteiger partial charge in [0, 0.05) is 0 Å². The highest BCUT2D eigenvalue weighted by atomic mass is 16.8. The van der Waals surface area contributed by atoms with Crippen molar-refractivity contribution in [1.29, 1.82) is 0 Å². The van der Waals surface area contributed by atoms with E-state index in [1.165, 1.54) is 0 Å². The van der Waals surface area contributed by atoms with Crippen LogP contribution in [0.5, 0.6) is 0 Å². The number of aliphatic hydroxyl groups is 6. The van der Waals surface area contributed by atoms with E-state index in [0.29, 0.717) is 6.42 Å². The summed E-state index contributed by atoms with van der Waals surface area (Å²) in [5.74, 6) is 0. The second-order valence-electron chi connectivity index (χ2n) is 7.30. The third-order valence-electron chi connectivity index (χ3n) is 5.21. The topological polar surface area (TPSA) is 158 Å². The summed E-state index contributed by atoms with van der Waals surface area (Å²) in [6.07, 6.45) is -8.93. The average Bonchev–Trinajstić information content (AvgIpc) is 3.02. The zero-order chi connectivity index (χ0) is 21.0. The molecule has 0 radical (unpaired) electrons. The number of hydrogen-bond donors (Lipinski definition) is 6. The Hall–Kier alpha value is -1.18.